The lowest BCUT2D eigenvalue weighted by molar-refractivity contribution is 0.111. The Balaban J connectivity index is 1.99. The lowest BCUT2D eigenvalue weighted by Gasteiger charge is -2.26. The molecule has 0 saturated carbocycles. The number of carbonyl (C=O) groups excluding carboxylic acids is 1. The molecule has 0 aliphatic carbocycles. The Hall–Kier alpha value is -1.30. The lowest BCUT2D eigenvalue weighted by atomic mass is 10.1. The summed E-state index contributed by atoms with van der Waals surface area (Å²) in [7, 11) is 0. The van der Waals surface area contributed by atoms with Crippen molar-refractivity contribution < 1.29 is 14.6 Å². The molecule has 122 valence electrons. The zero-order chi connectivity index (χ0) is 15.9. The fraction of sp³-hybridized carbons (Fsp3) is 0.562. The van der Waals surface area contributed by atoms with Gasteiger partial charge in [0.1, 0.15) is 0 Å². The molecule has 1 saturated heterocycles. The third-order valence-corrected chi connectivity index (χ3v) is 4.06. The lowest BCUT2D eigenvalue weighted by Crippen LogP contribution is -2.47. The van der Waals surface area contributed by atoms with Crippen molar-refractivity contribution in [2.75, 3.05) is 19.8 Å². The van der Waals surface area contributed by atoms with Crippen molar-refractivity contribution >= 4 is 17.6 Å². The number of carbonyl (C=O) groups is 1. The first-order valence-electron chi connectivity index (χ1n) is 7.62. The predicted octanol–water partition coefficient (Wildman–Crippen LogP) is 2.41. The van der Waals surface area contributed by atoms with E-state index in [2.05, 4.69) is 5.32 Å². The Morgan fingerprint density at radius 3 is 3.00 bits per heavy atom. The standard InChI is InChI=1S/C16H23ClN2O3/c1-12-15(6-9-22-12)18-16(21)19(7-3-8-20)11-13-4-2-5-14(17)10-13/h2,4-5,10,12,15,20H,3,6-9,11H2,1H3,(H,18,21). The van der Waals surface area contributed by atoms with Crippen LogP contribution in [0.1, 0.15) is 25.3 Å². The minimum atomic E-state index is -0.129. The van der Waals surface area contributed by atoms with Gasteiger partial charge in [0, 0.05) is 31.3 Å². The molecule has 2 N–H and O–H groups in total. The number of aliphatic hydroxyl groups is 1. The van der Waals surface area contributed by atoms with Gasteiger partial charge in [-0.05, 0) is 37.5 Å². The third kappa shape index (κ3) is 4.87. The van der Waals surface area contributed by atoms with Crippen molar-refractivity contribution in [2.45, 2.75) is 38.5 Å². The minimum Gasteiger partial charge on any atom is -0.396 e. The number of rotatable bonds is 6. The van der Waals surface area contributed by atoms with Crippen molar-refractivity contribution in [2.24, 2.45) is 0 Å². The highest BCUT2D eigenvalue weighted by molar-refractivity contribution is 6.30. The van der Waals surface area contributed by atoms with Crippen LogP contribution in [0.3, 0.4) is 0 Å². The van der Waals surface area contributed by atoms with Gasteiger partial charge in [-0.1, -0.05) is 23.7 Å². The number of benzene rings is 1. The predicted molar refractivity (Wildman–Crippen MR) is 85.9 cm³/mol. The second kappa shape index (κ2) is 8.36. The van der Waals surface area contributed by atoms with Gasteiger partial charge in [0.2, 0.25) is 0 Å². The minimum absolute atomic E-state index is 0.0369. The van der Waals surface area contributed by atoms with Crippen LogP contribution < -0.4 is 5.32 Å². The quantitative estimate of drug-likeness (QED) is 0.844. The second-order valence-corrected chi connectivity index (χ2v) is 5.99. The number of nitrogens with zero attached hydrogens (tertiary/aromatic N) is 1. The van der Waals surface area contributed by atoms with Gasteiger partial charge >= 0.3 is 6.03 Å². The normalized spacial score (nSPS) is 20.9. The zero-order valence-corrected chi connectivity index (χ0v) is 13.6. The van der Waals surface area contributed by atoms with Gasteiger partial charge in [-0.2, -0.15) is 0 Å². The molecule has 1 fully saturated rings. The molecule has 1 aromatic carbocycles. The van der Waals surface area contributed by atoms with Crippen molar-refractivity contribution in [3.05, 3.63) is 34.9 Å². The van der Waals surface area contributed by atoms with Gasteiger partial charge in [0.15, 0.2) is 0 Å². The molecule has 2 atom stereocenters. The monoisotopic (exact) mass is 326 g/mol. The van der Waals surface area contributed by atoms with Crippen molar-refractivity contribution in [1.29, 1.82) is 0 Å². The Morgan fingerprint density at radius 2 is 2.36 bits per heavy atom. The van der Waals surface area contributed by atoms with Crippen molar-refractivity contribution in [3.8, 4) is 0 Å². The van der Waals surface area contributed by atoms with E-state index in [1.807, 2.05) is 25.1 Å². The maximum Gasteiger partial charge on any atom is 0.318 e. The highest BCUT2D eigenvalue weighted by atomic mass is 35.5. The highest BCUT2D eigenvalue weighted by Crippen LogP contribution is 2.15. The van der Waals surface area contributed by atoms with Crippen LogP contribution >= 0.6 is 11.6 Å². The summed E-state index contributed by atoms with van der Waals surface area (Å²) in [5, 5.41) is 12.7. The fourth-order valence-electron chi connectivity index (χ4n) is 2.54. The molecule has 2 rings (SSSR count). The van der Waals surface area contributed by atoms with Crippen LogP contribution in [-0.4, -0.2) is 47.9 Å². The van der Waals surface area contributed by atoms with E-state index >= 15 is 0 Å². The average molecular weight is 327 g/mol. The maximum atomic E-state index is 12.5. The second-order valence-electron chi connectivity index (χ2n) is 5.55. The van der Waals surface area contributed by atoms with E-state index in [4.69, 9.17) is 21.4 Å². The molecule has 0 aromatic heterocycles. The Bertz CT molecular complexity index is 498. The molecule has 1 aliphatic rings. The number of nitrogens with one attached hydrogen (secondary N) is 1. The van der Waals surface area contributed by atoms with E-state index in [-0.39, 0.29) is 24.8 Å². The van der Waals surface area contributed by atoms with Crippen LogP contribution in [0, 0.1) is 0 Å². The number of ether oxygens (including phenoxy) is 1. The molecule has 1 aliphatic heterocycles. The molecular weight excluding hydrogens is 304 g/mol. The van der Waals surface area contributed by atoms with Gasteiger partial charge in [0.25, 0.3) is 0 Å². The van der Waals surface area contributed by atoms with Gasteiger partial charge in [-0.3, -0.25) is 0 Å². The van der Waals surface area contributed by atoms with E-state index in [0.29, 0.717) is 31.1 Å². The summed E-state index contributed by atoms with van der Waals surface area (Å²) in [6.07, 6.45) is 1.41. The van der Waals surface area contributed by atoms with Crippen LogP contribution in [0.15, 0.2) is 24.3 Å². The van der Waals surface area contributed by atoms with Crippen molar-refractivity contribution in [1.82, 2.24) is 10.2 Å². The van der Waals surface area contributed by atoms with Crippen LogP contribution in [0.4, 0.5) is 4.79 Å². The Kier molecular flexibility index (Phi) is 6.49. The first-order valence-corrected chi connectivity index (χ1v) is 8.00. The van der Waals surface area contributed by atoms with Crippen LogP contribution in [0.2, 0.25) is 5.02 Å². The molecule has 1 aromatic rings. The molecule has 0 spiro atoms. The molecule has 0 radical (unpaired) electrons. The van der Waals surface area contributed by atoms with E-state index in [0.717, 1.165) is 12.0 Å². The summed E-state index contributed by atoms with van der Waals surface area (Å²) in [6.45, 7) is 3.66. The highest BCUT2D eigenvalue weighted by Gasteiger charge is 2.27. The SMILES string of the molecule is CC1OCCC1NC(=O)N(CCCO)Cc1cccc(Cl)c1. The van der Waals surface area contributed by atoms with Crippen LogP contribution in [-0.2, 0) is 11.3 Å². The maximum absolute atomic E-state index is 12.5. The van der Waals surface area contributed by atoms with Gasteiger partial charge in [-0.25, -0.2) is 4.79 Å². The zero-order valence-electron chi connectivity index (χ0n) is 12.8. The molecule has 5 nitrogen and oxygen atoms in total. The molecule has 6 heteroatoms. The Morgan fingerprint density at radius 1 is 1.55 bits per heavy atom. The largest absolute Gasteiger partial charge is 0.396 e. The van der Waals surface area contributed by atoms with Gasteiger partial charge in [-0.15, -0.1) is 0 Å². The van der Waals surface area contributed by atoms with Crippen LogP contribution in [0.5, 0.6) is 0 Å². The molecule has 2 unspecified atom stereocenters. The number of aliphatic hydroxyl groups excluding tert-OH is 1. The molecule has 0 bridgehead atoms. The smallest absolute Gasteiger partial charge is 0.318 e. The van der Waals surface area contributed by atoms with E-state index in [1.54, 1.807) is 11.0 Å². The first-order chi connectivity index (χ1) is 10.6. The summed E-state index contributed by atoms with van der Waals surface area (Å²) in [5.41, 5.74) is 0.969. The fourth-order valence-corrected chi connectivity index (χ4v) is 2.75. The summed E-state index contributed by atoms with van der Waals surface area (Å²) in [5.74, 6) is 0. The summed E-state index contributed by atoms with van der Waals surface area (Å²) < 4.78 is 5.47. The first kappa shape index (κ1) is 17.1. The summed E-state index contributed by atoms with van der Waals surface area (Å²) in [6, 6.07) is 7.38. The number of halogens is 1. The van der Waals surface area contributed by atoms with Gasteiger partial charge in [0.05, 0.1) is 12.1 Å². The molecular formula is C16H23ClN2O3. The number of hydrogen-bond donors (Lipinski definition) is 2. The molecule has 22 heavy (non-hydrogen) atoms. The summed E-state index contributed by atoms with van der Waals surface area (Å²) in [4.78, 5) is 14.2. The Labute approximate surface area is 136 Å². The van der Waals surface area contributed by atoms with E-state index in [1.165, 1.54) is 0 Å². The number of hydrogen-bond acceptors (Lipinski definition) is 3. The molecule has 1 heterocycles. The molecule has 2 amide bonds. The number of amides is 2. The summed E-state index contributed by atoms with van der Waals surface area (Å²) >= 11 is 5.99. The van der Waals surface area contributed by atoms with E-state index in [9.17, 15) is 4.79 Å². The average Bonchev–Trinajstić information content (AvgIpc) is 2.88. The van der Waals surface area contributed by atoms with Crippen LogP contribution in [0.25, 0.3) is 0 Å². The third-order valence-electron chi connectivity index (χ3n) is 3.82. The number of urea groups is 1. The van der Waals surface area contributed by atoms with Gasteiger partial charge < -0.3 is 20.1 Å². The topological polar surface area (TPSA) is 61.8 Å². The van der Waals surface area contributed by atoms with E-state index < -0.39 is 0 Å². The van der Waals surface area contributed by atoms with Crippen molar-refractivity contribution in [3.63, 3.8) is 0 Å².